The maximum absolute atomic E-state index is 15.0. The highest BCUT2D eigenvalue weighted by Gasteiger charge is 2.46. The van der Waals surface area contributed by atoms with Crippen molar-refractivity contribution in [1.29, 1.82) is 0 Å². The zero-order valence-corrected chi connectivity index (χ0v) is 20.5. The Balaban J connectivity index is 1.51. The number of piperidine rings is 1. The number of ether oxygens (including phenoxy) is 1. The van der Waals surface area contributed by atoms with Gasteiger partial charge in [-0.15, -0.1) is 0 Å². The molecule has 0 bridgehead atoms. The predicted octanol–water partition coefficient (Wildman–Crippen LogP) is 6.97. The minimum Gasteiger partial charge on any atom is -0.459 e. The molecule has 0 atom stereocenters. The lowest BCUT2D eigenvalue weighted by Gasteiger charge is -2.50. The third-order valence-electron chi connectivity index (χ3n) is 6.72. The number of hydrogen-bond donors (Lipinski definition) is 1. The van der Waals surface area contributed by atoms with E-state index in [1.54, 1.807) is 12.1 Å². The molecule has 184 valence electrons. The summed E-state index contributed by atoms with van der Waals surface area (Å²) in [6.45, 7) is 7.53. The molecule has 0 aromatic heterocycles. The summed E-state index contributed by atoms with van der Waals surface area (Å²) in [4.78, 5) is 12.8. The number of hydrogen-bond acceptors (Lipinski definition) is 4. The van der Waals surface area contributed by atoms with Crippen LogP contribution in [0.5, 0.6) is 0 Å². The van der Waals surface area contributed by atoms with Gasteiger partial charge in [-0.05, 0) is 57.0 Å². The van der Waals surface area contributed by atoms with Crippen LogP contribution < -0.4 is 0 Å². The zero-order valence-electron chi connectivity index (χ0n) is 20.5. The lowest BCUT2D eigenvalue weighted by Crippen LogP contribution is -2.60. The van der Waals surface area contributed by atoms with Crippen molar-refractivity contribution >= 4 is 5.97 Å². The van der Waals surface area contributed by atoms with Crippen LogP contribution in [0.15, 0.2) is 72.9 Å². The molecule has 4 nitrogen and oxygen atoms in total. The van der Waals surface area contributed by atoms with Crippen LogP contribution in [0.4, 0.5) is 8.78 Å². The van der Waals surface area contributed by atoms with E-state index in [1.807, 2.05) is 64.2 Å². The van der Waals surface area contributed by atoms with Gasteiger partial charge in [0.25, 0.3) is 0 Å². The Kier molecular flexibility index (Phi) is 6.80. The molecule has 0 saturated carbocycles. The molecule has 4 rings (SSSR count). The fourth-order valence-corrected chi connectivity index (χ4v) is 5.09. The SMILES string of the molecule is CC1(C)CC(OC(=O)c2ccc(-c3ccc(C4C=CC=CC=C4)c(F)c3)c(F)c2)CC(C)(C)N1O. The van der Waals surface area contributed by atoms with Crippen molar-refractivity contribution in [2.45, 2.75) is 63.6 Å². The van der Waals surface area contributed by atoms with E-state index < -0.39 is 34.8 Å². The second kappa shape index (κ2) is 9.51. The number of hydroxylamine groups is 2. The van der Waals surface area contributed by atoms with Crippen LogP contribution in [-0.2, 0) is 4.74 Å². The molecule has 0 radical (unpaired) electrons. The van der Waals surface area contributed by atoms with Crippen molar-refractivity contribution in [2.75, 3.05) is 0 Å². The van der Waals surface area contributed by atoms with Crippen LogP contribution in [0.3, 0.4) is 0 Å². The number of allylic oxidation sites excluding steroid dienone is 6. The quantitative estimate of drug-likeness (QED) is 0.482. The molecule has 0 unspecified atom stereocenters. The average molecular weight is 480 g/mol. The van der Waals surface area contributed by atoms with Crippen LogP contribution in [0.2, 0.25) is 0 Å². The molecule has 2 aromatic carbocycles. The summed E-state index contributed by atoms with van der Waals surface area (Å²) in [6, 6.07) is 8.75. The number of carbonyl (C=O) groups is 1. The van der Waals surface area contributed by atoms with Crippen LogP contribution >= 0.6 is 0 Å². The molecule has 2 aromatic rings. The van der Waals surface area contributed by atoms with E-state index in [2.05, 4.69) is 0 Å². The maximum Gasteiger partial charge on any atom is 0.338 e. The highest BCUT2D eigenvalue weighted by atomic mass is 19.1. The van der Waals surface area contributed by atoms with Crippen LogP contribution in [0, 0.1) is 11.6 Å². The lowest BCUT2D eigenvalue weighted by molar-refractivity contribution is -0.256. The van der Waals surface area contributed by atoms with Crippen molar-refractivity contribution < 1.29 is 23.5 Å². The van der Waals surface area contributed by atoms with Gasteiger partial charge in [-0.25, -0.2) is 13.6 Å². The smallest absolute Gasteiger partial charge is 0.338 e. The highest BCUT2D eigenvalue weighted by molar-refractivity contribution is 5.90. The first-order valence-electron chi connectivity index (χ1n) is 11.8. The van der Waals surface area contributed by atoms with Gasteiger partial charge in [0, 0.05) is 35.4 Å². The van der Waals surface area contributed by atoms with Crippen LogP contribution in [-0.4, -0.2) is 33.4 Å². The van der Waals surface area contributed by atoms with E-state index in [1.165, 1.54) is 23.3 Å². The normalized spacial score (nSPS) is 20.1. The summed E-state index contributed by atoms with van der Waals surface area (Å²) < 4.78 is 35.6. The molecule has 1 N–H and O–H groups in total. The van der Waals surface area contributed by atoms with Gasteiger partial charge < -0.3 is 9.94 Å². The predicted molar refractivity (Wildman–Crippen MR) is 132 cm³/mol. The average Bonchev–Trinajstić information content (AvgIpc) is 3.06. The van der Waals surface area contributed by atoms with Gasteiger partial charge in [-0.1, -0.05) is 54.7 Å². The Morgan fingerprint density at radius 1 is 0.914 bits per heavy atom. The molecule has 2 aliphatic rings. The van der Waals surface area contributed by atoms with E-state index in [0.29, 0.717) is 24.0 Å². The Bertz CT molecular complexity index is 1180. The van der Waals surface area contributed by atoms with Gasteiger partial charge >= 0.3 is 5.97 Å². The minimum absolute atomic E-state index is 0.0895. The maximum atomic E-state index is 15.0. The number of benzene rings is 2. The number of halogens is 2. The fraction of sp³-hybridized carbons (Fsp3) is 0.345. The van der Waals surface area contributed by atoms with Gasteiger partial charge in [-0.3, -0.25) is 0 Å². The van der Waals surface area contributed by atoms with E-state index in [4.69, 9.17) is 4.74 Å². The van der Waals surface area contributed by atoms with Crippen molar-refractivity contribution in [1.82, 2.24) is 5.06 Å². The van der Waals surface area contributed by atoms with E-state index in [0.717, 1.165) is 6.07 Å². The van der Waals surface area contributed by atoms with Gasteiger partial charge in [0.1, 0.15) is 17.7 Å². The monoisotopic (exact) mass is 479 g/mol. The number of esters is 1. The molecule has 0 amide bonds. The first-order chi connectivity index (χ1) is 16.5. The highest BCUT2D eigenvalue weighted by Crippen LogP contribution is 2.38. The van der Waals surface area contributed by atoms with Crippen molar-refractivity contribution in [2.24, 2.45) is 0 Å². The van der Waals surface area contributed by atoms with E-state index in [-0.39, 0.29) is 17.0 Å². The standard InChI is InChI=1S/C29H31F2NO3/c1-28(2)17-22(18-29(3,4)32(28)34)35-27(33)21-12-14-24(26(31)16-21)20-11-13-23(25(30)15-20)19-9-7-5-6-8-10-19/h5-16,19,22,34H,17-18H2,1-4H3. The summed E-state index contributed by atoms with van der Waals surface area (Å²) in [5, 5.41) is 11.7. The molecular weight excluding hydrogens is 448 g/mol. The Labute approximate surface area is 205 Å². The summed E-state index contributed by atoms with van der Waals surface area (Å²) in [5.74, 6) is -1.88. The third kappa shape index (κ3) is 5.29. The Hall–Kier alpha value is -3.09. The molecule has 1 heterocycles. The first-order valence-corrected chi connectivity index (χ1v) is 11.8. The van der Waals surface area contributed by atoms with Crippen molar-refractivity contribution in [3.63, 3.8) is 0 Å². The lowest BCUT2D eigenvalue weighted by atomic mass is 9.80. The zero-order chi connectivity index (χ0) is 25.4. The van der Waals surface area contributed by atoms with Gasteiger partial charge in [0.15, 0.2) is 0 Å². The summed E-state index contributed by atoms with van der Waals surface area (Å²) in [5.41, 5.74) is 0.0453. The third-order valence-corrected chi connectivity index (χ3v) is 6.72. The molecule has 6 heteroatoms. The minimum atomic E-state index is -0.629. The number of nitrogens with zero attached hydrogens (tertiary/aromatic N) is 1. The Morgan fingerprint density at radius 2 is 1.54 bits per heavy atom. The van der Waals surface area contributed by atoms with Crippen LogP contribution in [0.25, 0.3) is 11.1 Å². The largest absolute Gasteiger partial charge is 0.459 e. The van der Waals surface area contributed by atoms with E-state index >= 15 is 4.39 Å². The first kappa shape index (κ1) is 25.0. The second-order valence-corrected chi connectivity index (χ2v) is 10.5. The summed E-state index contributed by atoms with van der Waals surface area (Å²) in [6.07, 6.45) is 11.8. The molecule has 1 fully saturated rings. The molecular formula is C29H31F2NO3. The fourth-order valence-electron chi connectivity index (χ4n) is 5.09. The molecule has 1 aliphatic heterocycles. The molecule has 35 heavy (non-hydrogen) atoms. The van der Waals surface area contributed by atoms with Gasteiger partial charge in [-0.2, -0.15) is 5.06 Å². The summed E-state index contributed by atoms with van der Waals surface area (Å²) >= 11 is 0. The van der Waals surface area contributed by atoms with Gasteiger partial charge in [0.05, 0.1) is 5.56 Å². The number of rotatable bonds is 4. The molecule has 0 spiro atoms. The molecule has 1 saturated heterocycles. The topological polar surface area (TPSA) is 49.8 Å². The second-order valence-electron chi connectivity index (χ2n) is 10.5. The Morgan fingerprint density at radius 3 is 2.11 bits per heavy atom. The van der Waals surface area contributed by atoms with E-state index in [9.17, 15) is 14.4 Å². The van der Waals surface area contributed by atoms with Crippen LogP contribution in [0.1, 0.15) is 62.4 Å². The van der Waals surface area contributed by atoms with Gasteiger partial charge in [0.2, 0.25) is 0 Å². The summed E-state index contributed by atoms with van der Waals surface area (Å²) in [7, 11) is 0. The van der Waals surface area contributed by atoms with Crippen molar-refractivity contribution in [3.8, 4) is 11.1 Å². The molecule has 1 aliphatic carbocycles. The number of carbonyl (C=O) groups excluding carboxylic acids is 1. The van der Waals surface area contributed by atoms with Crippen molar-refractivity contribution in [3.05, 3.63) is 95.6 Å².